The summed E-state index contributed by atoms with van der Waals surface area (Å²) in [5.74, 6) is 0. The van der Waals surface area contributed by atoms with Crippen molar-refractivity contribution in [1.29, 1.82) is 0 Å². The van der Waals surface area contributed by atoms with E-state index in [1.54, 1.807) is 5.01 Å². The molecule has 2 aromatic rings. The third-order valence-corrected chi connectivity index (χ3v) is 2.34. The average Bonchev–Trinajstić information content (AvgIpc) is 2.45. The van der Waals surface area contributed by atoms with Crippen molar-refractivity contribution in [3.63, 3.8) is 0 Å². The highest BCUT2D eigenvalue weighted by molar-refractivity contribution is 5.58. The second-order valence-electron chi connectivity index (χ2n) is 3.64. The molecule has 2 aromatic carbocycles. The zero-order chi connectivity index (χ0) is 12.6. The third kappa shape index (κ3) is 3.52. The zero-order valence-electron chi connectivity index (χ0n) is 10.1. The number of hydrazone groups is 1. The van der Waals surface area contributed by atoms with Crippen LogP contribution in [0.2, 0.25) is 0 Å². The number of para-hydroxylation sites is 1. The average molecular weight is 238 g/mol. The third-order valence-electron chi connectivity index (χ3n) is 2.34. The van der Waals surface area contributed by atoms with E-state index in [1.807, 2.05) is 67.7 Å². The van der Waals surface area contributed by atoms with Gasteiger partial charge < -0.3 is 0 Å². The minimum absolute atomic E-state index is 0.811. The molecule has 4 heteroatoms. The van der Waals surface area contributed by atoms with E-state index in [0.717, 1.165) is 11.4 Å². The Kier molecular flexibility index (Phi) is 4.19. The van der Waals surface area contributed by atoms with Crippen LogP contribution in [-0.2, 0) is 0 Å². The molecule has 0 aliphatic rings. The SMILES string of the molecule is CN(N=CN=Nc1ccccc1)c1ccccc1. The molecule has 0 radical (unpaired) electrons. The summed E-state index contributed by atoms with van der Waals surface area (Å²) in [7, 11) is 1.86. The molecule has 0 saturated heterocycles. The van der Waals surface area contributed by atoms with E-state index < -0.39 is 0 Å². The molecule has 0 fully saturated rings. The minimum atomic E-state index is 0.811. The molecule has 0 amide bonds. The van der Waals surface area contributed by atoms with E-state index in [4.69, 9.17) is 0 Å². The summed E-state index contributed by atoms with van der Waals surface area (Å²) in [5.41, 5.74) is 1.81. The highest BCUT2D eigenvalue weighted by atomic mass is 15.4. The van der Waals surface area contributed by atoms with E-state index in [-0.39, 0.29) is 0 Å². The Morgan fingerprint density at radius 3 is 2.17 bits per heavy atom. The summed E-state index contributed by atoms with van der Waals surface area (Å²) in [6.45, 7) is 0. The Morgan fingerprint density at radius 2 is 1.50 bits per heavy atom. The second kappa shape index (κ2) is 6.30. The van der Waals surface area contributed by atoms with Gasteiger partial charge in [-0.2, -0.15) is 5.10 Å². The van der Waals surface area contributed by atoms with Crippen LogP contribution in [0.4, 0.5) is 11.4 Å². The topological polar surface area (TPSA) is 40.3 Å². The molecule has 90 valence electrons. The van der Waals surface area contributed by atoms with Gasteiger partial charge in [-0.05, 0) is 24.3 Å². The molecular formula is C14H14N4. The second-order valence-corrected chi connectivity index (χ2v) is 3.64. The summed E-state index contributed by atoms with van der Waals surface area (Å²) >= 11 is 0. The van der Waals surface area contributed by atoms with Gasteiger partial charge in [0, 0.05) is 7.05 Å². The van der Waals surface area contributed by atoms with E-state index in [0.29, 0.717) is 0 Å². The Hall–Kier alpha value is -2.49. The summed E-state index contributed by atoms with van der Waals surface area (Å²) in [6, 6.07) is 19.4. The first-order valence-electron chi connectivity index (χ1n) is 5.63. The fourth-order valence-corrected chi connectivity index (χ4v) is 1.40. The molecule has 0 aromatic heterocycles. The van der Waals surface area contributed by atoms with Crippen molar-refractivity contribution in [2.45, 2.75) is 0 Å². The highest BCUT2D eigenvalue weighted by Gasteiger charge is 1.93. The van der Waals surface area contributed by atoms with Gasteiger partial charge >= 0.3 is 0 Å². The Labute approximate surface area is 106 Å². The lowest BCUT2D eigenvalue weighted by Gasteiger charge is -2.10. The molecule has 4 nitrogen and oxygen atoms in total. The van der Waals surface area contributed by atoms with Crippen LogP contribution in [0.15, 0.2) is 76.0 Å². The van der Waals surface area contributed by atoms with Gasteiger partial charge in [-0.1, -0.05) is 36.4 Å². The first kappa shape index (κ1) is 12.0. The van der Waals surface area contributed by atoms with Crippen LogP contribution in [0.3, 0.4) is 0 Å². The van der Waals surface area contributed by atoms with Crippen molar-refractivity contribution in [2.75, 3.05) is 12.1 Å². The van der Waals surface area contributed by atoms with Crippen molar-refractivity contribution in [2.24, 2.45) is 15.3 Å². The summed E-state index contributed by atoms with van der Waals surface area (Å²) in [4.78, 5) is 0. The predicted molar refractivity (Wildman–Crippen MR) is 74.3 cm³/mol. The minimum Gasteiger partial charge on any atom is -0.267 e. The molecule has 0 aliphatic carbocycles. The molecule has 0 spiro atoms. The molecule has 0 atom stereocenters. The number of nitrogens with zero attached hydrogens (tertiary/aromatic N) is 4. The standard InChI is InChI=1S/C14H14N4/c1-18(14-10-6-3-7-11-14)16-12-15-17-13-8-4-2-5-9-13/h2-12H,1H3. The van der Waals surface area contributed by atoms with Crippen LogP contribution in [0.5, 0.6) is 0 Å². The maximum Gasteiger partial charge on any atom is 0.158 e. The first-order valence-corrected chi connectivity index (χ1v) is 5.63. The van der Waals surface area contributed by atoms with Crippen molar-refractivity contribution >= 4 is 17.7 Å². The number of azo groups is 1. The lowest BCUT2D eigenvalue weighted by Crippen LogP contribution is -2.07. The fourth-order valence-electron chi connectivity index (χ4n) is 1.40. The normalized spacial score (nSPS) is 11.2. The zero-order valence-corrected chi connectivity index (χ0v) is 10.1. The molecule has 2 rings (SSSR count). The van der Waals surface area contributed by atoms with Crippen LogP contribution in [0.1, 0.15) is 0 Å². The smallest absolute Gasteiger partial charge is 0.158 e. The Bertz CT molecular complexity index is 520. The number of rotatable bonds is 4. The van der Waals surface area contributed by atoms with Crippen molar-refractivity contribution in [3.05, 3.63) is 60.7 Å². The molecule has 0 aliphatic heterocycles. The van der Waals surface area contributed by atoms with Gasteiger partial charge in [-0.15, -0.1) is 10.2 Å². The molecule has 0 unspecified atom stereocenters. The molecule has 0 saturated carbocycles. The first-order chi connectivity index (χ1) is 8.86. The van der Waals surface area contributed by atoms with Crippen molar-refractivity contribution < 1.29 is 0 Å². The Morgan fingerprint density at radius 1 is 0.889 bits per heavy atom. The fraction of sp³-hybridized carbons (Fsp3) is 0.0714. The summed E-state index contributed by atoms with van der Waals surface area (Å²) in [6.07, 6.45) is 1.43. The molecule has 0 heterocycles. The van der Waals surface area contributed by atoms with Gasteiger partial charge in [0.25, 0.3) is 0 Å². The maximum absolute atomic E-state index is 4.16. The number of benzene rings is 2. The quantitative estimate of drug-likeness (QED) is 0.345. The number of anilines is 1. The van der Waals surface area contributed by atoms with Gasteiger partial charge in [-0.25, -0.2) is 0 Å². The highest BCUT2D eigenvalue weighted by Crippen LogP contribution is 2.11. The summed E-state index contributed by atoms with van der Waals surface area (Å²) < 4.78 is 0. The Balaban J connectivity index is 1.94. The van der Waals surface area contributed by atoms with Crippen LogP contribution >= 0.6 is 0 Å². The van der Waals surface area contributed by atoms with Crippen LogP contribution < -0.4 is 5.01 Å². The number of hydrogen-bond acceptors (Lipinski definition) is 3. The molecule has 18 heavy (non-hydrogen) atoms. The van der Waals surface area contributed by atoms with Crippen molar-refractivity contribution in [3.8, 4) is 0 Å². The lowest BCUT2D eigenvalue weighted by molar-refractivity contribution is 1.02. The largest absolute Gasteiger partial charge is 0.267 e. The van der Waals surface area contributed by atoms with E-state index in [1.165, 1.54) is 6.34 Å². The molecule has 0 bridgehead atoms. The number of hydrogen-bond donors (Lipinski definition) is 0. The predicted octanol–water partition coefficient (Wildman–Crippen LogP) is 3.85. The van der Waals surface area contributed by atoms with Crippen molar-refractivity contribution in [1.82, 2.24) is 0 Å². The maximum atomic E-state index is 4.16. The van der Waals surface area contributed by atoms with E-state index >= 15 is 0 Å². The van der Waals surface area contributed by atoms with E-state index in [2.05, 4.69) is 15.3 Å². The lowest BCUT2D eigenvalue weighted by atomic mass is 10.3. The van der Waals surface area contributed by atoms with Gasteiger partial charge in [-0.3, -0.25) is 5.01 Å². The summed E-state index contributed by atoms with van der Waals surface area (Å²) in [5, 5.41) is 13.8. The van der Waals surface area contributed by atoms with Crippen LogP contribution in [0, 0.1) is 0 Å². The monoisotopic (exact) mass is 238 g/mol. The van der Waals surface area contributed by atoms with Gasteiger partial charge in [0.15, 0.2) is 6.34 Å². The van der Waals surface area contributed by atoms with Gasteiger partial charge in [0.2, 0.25) is 0 Å². The van der Waals surface area contributed by atoms with E-state index in [9.17, 15) is 0 Å². The van der Waals surface area contributed by atoms with Crippen LogP contribution in [-0.4, -0.2) is 13.4 Å². The van der Waals surface area contributed by atoms with Gasteiger partial charge in [0.1, 0.15) is 0 Å². The molecule has 0 N–H and O–H groups in total. The van der Waals surface area contributed by atoms with Gasteiger partial charge in [0.05, 0.1) is 11.4 Å². The molecular weight excluding hydrogens is 224 g/mol. The van der Waals surface area contributed by atoms with Crippen LogP contribution in [0.25, 0.3) is 0 Å².